The summed E-state index contributed by atoms with van der Waals surface area (Å²) in [4.78, 5) is 22.5. The summed E-state index contributed by atoms with van der Waals surface area (Å²) in [5.74, 6) is 0.511. The van der Waals surface area contributed by atoms with Crippen molar-refractivity contribution in [1.82, 2.24) is 15.0 Å². The van der Waals surface area contributed by atoms with Crippen molar-refractivity contribution in [2.45, 2.75) is 40.5 Å². The number of halogens is 2. The van der Waals surface area contributed by atoms with Crippen LogP contribution in [0.5, 0.6) is 5.75 Å². The highest BCUT2D eigenvalue weighted by molar-refractivity contribution is 5.70. The number of rotatable bonds is 8. The first-order valence-corrected chi connectivity index (χ1v) is 8.42. The Labute approximate surface area is 151 Å². The molecular formula is C19H23F2N3O2. The summed E-state index contributed by atoms with van der Waals surface area (Å²) in [5.41, 5.74) is -0.0398. The van der Waals surface area contributed by atoms with Crippen LogP contribution in [0.3, 0.4) is 0 Å². The third kappa shape index (κ3) is 5.28. The van der Waals surface area contributed by atoms with Gasteiger partial charge in [-0.3, -0.25) is 4.79 Å². The van der Waals surface area contributed by atoms with E-state index in [0.29, 0.717) is 24.5 Å². The van der Waals surface area contributed by atoms with Crippen LogP contribution in [0.25, 0.3) is 11.4 Å². The highest BCUT2D eigenvalue weighted by Gasteiger charge is 2.23. The third-order valence-corrected chi connectivity index (χ3v) is 3.71. The molecule has 0 saturated carbocycles. The van der Waals surface area contributed by atoms with Gasteiger partial charge in [-0.05, 0) is 36.0 Å². The molecule has 0 saturated heterocycles. The van der Waals surface area contributed by atoms with Gasteiger partial charge < -0.3 is 4.74 Å². The zero-order chi connectivity index (χ0) is 19.3. The Kier molecular flexibility index (Phi) is 6.34. The van der Waals surface area contributed by atoms with Gasteiger partial charge in [0, 0.05) is 6.20 Å². The molecule has 5 nitrogen and oxygen atoms in total. The zero-order valence-electron chi connectivity index (χ0n) is 15.4. The first-order valence-electron chi connectivity index (χ1n) is 8.42. The Balaban J connectivity index is 2.27. The standard InChI is InChI=1S/C19H23F2N3O2/c1-12(2)9-19(3,4)11-26-15-6-5-13(24-17(15)18(20)21)14-7-8-22-16(10-25)23-14/h5-8,10,12,18H,9,11H2,1-4H3. The highest BCUT2D eigenvalue weighted by Crippen LogP contribution is 2.32. The van der Waals surface area contributed by atoms with Crippen molar-refractivity contribution in [3.05, 3.63) is 35.9 Å². The molecule has 140 valence electrons. The Hall–Kier alpha value is -2.44. The molecule has 0 amide bonds. The number of aromatic nitrogens is 3. The molecule has 2 heterocycles. The second kappa shape index (κ2) is 8.29. The molecule has 0 aliphatic carbocycles. The van der Waals surface area contributed by atoms with Gasteiger partial charge >= 0.3 is 0 Å². The summed E-state index contributed by atoms with van der Waals surface area (Å²) < 4.78 is 32.6. The van der Waals surface area contributed by atoms with E-state index in [4.69, 9.17) is 4.74 Å². The van der Waals surface area contributed by atoms with Gasteiger partial charge in [-0.2, -0.15) is 0 Å². The monoisotopic (exact) mass is 363 g/mol. The average Bonchev–Trinajstić information content (AvgIpc) is 2.58. The minimum Gasteiger partial charge on any atom is -0.491 e. The van der Waals surface area contributed by atoms with Crippen molar-refractivity contribution < 1.29 is 18.3 Å². The van der Waals surface area contributed by atoms with Crippen molar-refractivity contribution in [2.24, 2.45) is 11.3 Å². The normalized spacial score (nSPS) is 11.8. The van der Waals surface area contributed by atoms with E-state index in [1.54, 1.807) is 6.07 Å². The van der Waals surface area contributed by atoms with E-state index in [9.17, 15) is 13.6 Å². The number of aldehydes is 1. The smallest absolute Gasteiger partial charge is 0.284 e. The van der Waals surface area contributed by atoms with Gasteiger partial charge in [0.25, 0.3) is 6.43 Å². The fourth-order valence-corrected chi connectivity index (χ4v) is 2.89. The number of carbonyl (C=O) groups is 1. The topological polar surface area (TPSA) is 65.0 Å². The lowest BCUT2D eigenvalue weighted by atomic mass is 9.85. The largest absolute Gasteiger partial charge is 0.491 e. The number of nitrogens with zero attached hydrogens (tertiary/aromatic N) is 3. The second-order valence-electron chi connectivity index (χ2n) is 7.35. The fourth-order valence-electron chi connectivity index (χ4n) is 2.89. The van der Waals surface area contributed by atoms with Gasteiger partial charge in [0.15, 0.2) is 12.1 Å². The van der Waals surface area contributed by atoms with Gasteiger partial charge in [0.1, 0.15) is 11.4 Å². The van der Waals surface area contributed by atoms with Crippen LogP contribution in [-0.4, -0.2) is 27.8 Å². The number of pyridine rings is 1. The van der Waals surface area contributed by atoms with Crippen LogP contribution < -0.4 is 4.74 Å². The van der Waals surface area contributed by atoms with Crippen molar-refractivity contribution in [2.75, 3.05) is 6.61 Å². The van der Waals surface area contributed by atoms with E-state index in [-0.39, 0.29) is 22.7 Å². The average molecular weight is 363 g/mol. The molecule has 0 unspecified atom stereocenters. The quantitative estimate of drug-likeness (QED) is 0.634. The molecule has 2 aromatic heterocycles. The van der Waals surface area contributed by atoms with E-state index in [1.165, 1.54) is 18.3 Å². The van der Waals surface area contributed by atoms with Gasteiger partial charge in [0.05, 0.1) is 18.0 Å². The van der Waals surface area contributed by atoms with Gasteiger partial charge in [-0.25, -0.2) is 23.7 Å². The second-order valence-corrected chi connectivity index (χ2v) is 7.35. The number of ether oxygens (including phenoxy) is 1. The highest BCUT2D eigenvalue weighted by atomic mass is 19.3. The molecule has 2 aromatic rings. The maximum absolute atomic E-state index is 13.5. The van der Waals surface area contributed by atoms with Crippen molar-refractivity contribution >= 4 is 6.29 Å². The summed E-state index contributed by atoms with van der Waals surface area (Å²) in [6.45, 7) is 8.61. The van der Waals surface area contributed by atoms with E-state index in [1.807, 2.05) is 13.8 Å². The number of hydrogen-bond donors (Lipinski definition) is 0. The SMILES string of the molecule is CC(C)CC(C)(C)COc1ccc(-c2ccnc(C=O)n2)nc1C(F)F. The van der Waals surface area contributed by atoms with E-state index < -0.39 is 12.1 Å². The molecule has 0 aromatic carbocycles. The van der Waals surface area contributed by atoms with Crippen LogP contribution in [0.15, 0.2) is 24.4 Å². The minimum atomic E-state index is -2.79. The molecule has 0 N–H and O–H groups in total. The summed E-state index contributed by atoms with van der Waals surface area (Å²) in [7, 11) is 0. The maximum Gasteiger partial charge on any atom is 0.284 e. The molecule has 0 fully saturated rings. The maximum atomic E-state index is 13.5. The first-order chi connectivity index (χ1) is 12.2. The lowest BCUT2D eigenvalue weighted by Gasteiger charge is -2.27. The Morgan fingerprint density at radius 2 is 1.85 bits per heavy atom. The number of alkyl halides is 2. The Bertz CT molecular complexity index is 764. The lowest BCUT2D eigenvalue weighted by molar-refractivity contribution is 0.111. The van der Waals surface area contributed by atoms with Crippen molar-refractivity contribution in [1.29, 1.82) is 0 Å². The molecule has 0 atom stereocenters. The van der Waals surface area contributed by atoms with Gasteiger partial charge in [-0.1, -0.05) is 27.7 Å². The van der Waals surface area contributed by atoms with E-state index >= 15 is 0 Å². The Morgan fingerprint density at radius 1 is 1.15 bits per heavy atom. The first kappa shape index (κ1) is 19.9. The molecule has 26 heavy (non-hydrogen) atoms. The van der Waals surface area contributed by atoms with E-state index in [2.05, 4.69) is 28.8 Å². The van der Waals surface area contributed by atoms with Crippen LogP contribution in [0, 0.1) is 11.3 Å². The van der Waals surface area contributed by atoms with Crippen LogP contribution in [-0.2, 0) is 0 Å². The van der Waals surface area contributed by atoms with Gasteiger partial charge in [-0.15, -0.1) is 0 Å². The molecule has 0 spiro atoms. The molecular weight excluding hydrogens is 340 g/mol. The molecule has 0 aliphatic heterocycles. The molecule has 0 radical (unpaired) electrons. The minimum absolute atomic E-state index is 0.0290. The van der Waals surface area contributed by atoms with Crippen molar-refractivity contribution in [3.63, 3.8) is 0 Å². The zero-order valence-corrected chi connectivity index (χ0v) is 15.4. The van der Waals surface area contributed by atoms with E-state index in [0.717, 1.165) is 6.42 Å². The molecule has 7 heteroatoms. The van der Waals surface area contributed by atoms with Crippen LogP contribution in [0.4, 0.5) is 8.78 Å². The predicted octanol–water partition coefficient (Wildman–Crippen LogP) is 4.74. The molecule has 2 rings (SSSR count). The fraction of sp³-hybridized carbons (Fsp3) is 0.474. The predicted molar refractivity (Wildman–Crippen MR) is 94.3 cm³/mol. The summed E-state index contributed by atoms with van der Waals surface area (Å²) in [5, 5.41) is 0. The summed E-state index contributed by atoms with van der Waals surface area (Å²) in [6.07, 6.45) is 0.00353. The molecule has 0 aliphatic rings. The summed E-state index contributed by atoms with van der Waals surface area (Å²) >= 11 is 0. The lowest BCUT2D eigenvalue weighted by Crippen LogP contribution is -2.23. The Morgan fingerprint density at radius 3 is 2.46 bits per heavy atom. The van der Waals surface area contributed by atoms with Crippen LogP contribution in [0.2, 0.25) is 0 Å². The number of carbonyl (C=O) groups excluding carboxylic acids is 1. The third-order valence-electron chi connectivity index (χ3n) is 3.71. The van der Waals surface area contributed by atoms with Crippen LogP contribution in [0.1, 0.15) is 56.9 Å². The van der Waals surface area contributed by atoms with Crippen LogP contribution >= 0.6 is 0 Å². The number of hydrogen-bond acceptors (Lipinski definition) is 5. The molecule has 0 bridgehead atoms. The summed E-state index contributed by atoms with van der Waals surface area (Å²) in [6, 6.07) is 4.53. The van der Waals surface area contributed by atoms with Crippen molar-refractivity contribution in [3.8, 4) is 17.1 Å². The van der Waals surface area contributed by atoms with Gasteiger partial charge in [0.2, 0.25) is 0 Å².